The van der Waals surface area contributed by atoms with Crippen molar-refractivity contribution in [2.75, 3.05) is 18.5 Å². The van der Waals surface area contributed by atoms with Crippen LogP contribution in [0.25, 0.3) is 0 Å². The third kappa shape index (κ3) is 3.80. The minimum absolute atomic E-state index is 0.0592. The quantitative estimate of drug-likeness (QED) is 0.826. The Morgan fingerprint density at radius 3 is 3.05 bits per heavy atom. The Morgan fingerprint density at radius 1 is 1.60 bits per heavy atom. The van der Waals surface area contributed by atoms with Crippen LogP contribution in [-0.2, 0) is 16.1 Å². The second kappa shape index (κ2) is 6.37. The molecule has 112 valence electrons. The molecule has 0 aromatic carbocycles. The van der Waals surface area contributed by atoms with E-state index in [1.54, 1.807) is 6.20 Å². The molecule has 1 saturated heterocycles. The normalized spacial score (nSPS) is 19.2. The van der Waals surface area contributed by atoms with Gasteiger partial charge in [0.2, 0.25) is 5.91 Å². The number of likely N-dealkylation sites (N-methyl/N-ethyl adjacent to an activating group) is 1. The summed E-state index contributed by atoms with van der Waals surface area (Å²) in [5, 5.41) is 10.3. The highest BCUT2D eigenvalue weighted by molar-refractivity contribution is 5.97. The van der Waals surface area contributed by atoms with Gasteiger partial charge in [0.1, 0.15) is 0 Å². The van der Waals surface area contributed by atoms with Crippen LogP contribution in [0.3, 0.4) is 0 Å². The lowest BCUT2D eigenvalue weighted by molar-refractivity contribution is -0.121. The van der Waals surface area contributed by atoms with E-state index in [1.807, 2.05) is 31.6 Å². The first-order chi connectivity index (χ1) is 9.51. The van der Waals surface area contributed by atoms with Crippen LogP contribution in [0.4, 0.5) is 5.69 Å². The monoisotopic (exact) mass is 280 g/mol. The summed E-state index contributed by atoms with van der Waals surface area (Å²) in [6.45, 7) is 8.04. The van der Waals surface area contributed by atoms with Gasteiger partial charge in [-0.25, -0.2) is 0 Å². The smallest absolute Gasteiger partial charge is 0.244 e. The number of carbonyl (C=O) groups excluding carboxylic acids is 1. The number of nitrogens with one attached hydrogen (secondary N) is 2. The maximum absolute atomic E-state index is 12.1. The van der Waals surface area contributed by atoms with Gasteiger partial charge in [0.15, 0.2) is 0 Å². The second-order valence-corrected chi connectivity index (χ2v) is 5.70. The minimum Gasteiger partial charge on any atom is -0.376 e. The molecule has 1 aromatic heterocycles. The first-order valence-electron chi connectivity index (χ1n) is 7.22. The summed E-state index contributed by atoms with van der Waals surface area (Å²) in [5.74, 6) is -0.0592. The molecule has 0 aliphatic carbocycles. The molecule has 2 heterocycles. The topological polar surface area (TPSA) is 68.2 Å². The summed E-state index contributed by atoms with van der Waals surface area (Å²) >= 11 is 0. The predicted octanol–water partition coefficient (Wildman–Crippen LogP) is 1.39. The fourth-order valence-corrected chi connectivity index (χ4v) is 2.33. The van der Waals surface area contributed by atoms with E-state index in [2.05, 4.69) is 15.7 Å². The summed E-state index contributed by atoms with van der Waals surface area (Å²) in [4.78, 5) is 12.1. The SMILES string of the molecule is CCNC(C)(C)C(=O)Nc1cnn(CC2CCCO2)c1. The molecular formula is C14H24N4O2. The second-order valence-electron chi connectivity index (χ2n) is 5.70. The highest BCUT2D eigenvalue weighted by Crippen LogP contribution is 2.15. The summed E-state index contributed by atoms with van der Waals surface area (Å²) in [6.07, 6.45) is 5.97. The van der Waals surface area contributed by atoms with E-state index < -0.39 is 5.54 Å². The summed E-state index contributed by atoms with van der Waals surface area (Å²) in [5.41, 5.74) is 0.129. The first kappa shape index (κ1) is 15.0. The van der Waals surface area contributed by atoms with Crippen LogP contribution in [0, 0.1) is 0 Å². The molecule has 2 N–H and O–H groups in total. The molecule has 0 spiro atoms. The molecule has 6 heteroatoms. The molecule has 2 rings (SSSR count). The Hall–Kier alpha value is -1.40. The molecule has 1 aromatic rings. The van der Waals surface area contributed by atoms with Crippen molar-refractivity contribution >= 4 is 11.6 Å². The molecule has 20 heavy (non-hydrogen) atoms. The fraction of sp³-hybridized carbons (Fsp3) is 0.714. The van der Waals surface area contributed by atoms with Crippen LogP contribution in [0.1, 0.15) is 33.6 Å². The average Bonchev–Trinajstić information content (AvgIpc) is 3.02. The van der Waals surface area contributed by atoms with Crippen molar-refractivity contribution in [1.82, 2.24) is 15.1 Å². The zero-order chi connectivity index (χ0) is 14.6. The largest absolute Gasteiger partial charge is 0.376 e. The standard InChI is InChI=1S/C14H24N4O2/c1-4-15-14(2,3)13(19)17-11-8-16-18(9-11)10-12-6-5-7-20-12/h8-9,12,15H,4-7,10H2,1-3H3,(H,17,19). The zero-order valence-electron chi connectivity index (χ0n) is 12.5. The Morgan fingerprint density at radius 2 is 2.40 bits per heavy atom. The van der Waals surface area contributed by atoms with Gasteiger partial charge in [0.25, 0.3) is 0 Å². The van der Waals surface area contributed by atoms with E-state index >= 15 is 0 Å². The fourth-order valence-electron chi connectivity index (χ4n) is 2.33. The van der Waals surface area contributed by atoms with Gasteiger partial charge in [0, 0.05) is 12.8 Å². The molecule has 1 unspecified atom stereocenters. The number of ether oxygens (including phenoxy) is 1. The molecule has 0 radical (unpaired) electrons. The van der Waals surface area contributed by atoms with Gasteiger partial charge >= 0.3 is 0 Å². The number of aromatic nitrogens is 2. The molecule has 1 aliphatic heterocycles. The van der Waals surface area contributed by atoms with Gasteiger partial charge < -0.3 is 15.4 Å². The minimum atomic E-state index is -0.592. The Bertz CT molecular complexity index is 450. The molecule has 6 nitrogen and oxygen atoms in total. The van der Waals surface area contributed by atoms with Crippen molar-refractivity contribution in [3.63, 3.8) is 0 Å². The van der Waals surface area contributed by atoms with Gasteiger partial charge in [0.05, 0.1) is 30.1 Å². The molecule has 1 aliphatic rings. The third-order valence-electron chi connectivity index (χ3n) is 3.49. The number of rotatable bonds is 6. The number of hydrogen-bond acceptors (Lipinski definition) is 4. The molecular weight excluding hydrogens is 256 g/mol. The third-order valence-corrected chi connectivity index (χ3v) is 3.49. The first-order valence-corrected chi connectivity index (χ1v) is 7.22. The van der Waals surface area contributed by atoms with Crippen LogP contribution in [0.2, 0.25) is 0 Å². The maximum Gasteiger partial charge on any atom is 0.244 e. The zero-order valence-corrected chi connectivity index (χ0v) is 12.5. The lowest BCUT2D eigenvalue weighted by Gasteiger charge is -2.23. The maximum atomic E-state index is 12.1. The van der Waals surface area contributed by atoms with Gasteiger partial charge in [-0.3, -0.25) is 9.48 Å². The Labute approximate surface area is 119 Å². The van der Waals surface area contributed by atoms with Crippen molar-refractivity contribution in [1.29, 1.82) is 0 Å². The Balaban J connectivity index is 1.90. The highest BCUT2D eigenvalue weighted by Gasteiger charge is 2.26. The summed E-state index contributed by atoms with van der Waals surface area (Å²) < 4.78 is 7.40. The van der Waals surface area contributed by atoms with Crippen LogP contribution >= 0.6 is 0 Å². The number of carbonyl (C=O) groups is 1. The molecule has 1 fully saturated rings. The van der Waals surface area contributed by atoms with Crippen LogP contribution in [-0.4, -0.2) is 40.5 Å². The molecule has 1 atom stereocenters. The number of hydrogen-bond donors (Lipinski definition) is 2. The molecule has 0 bridgehead atoms. The lowest BCUT2D eigenvalue weighted by Crippen LogP contribution is -2.49. The van der Waals surface area contributed by atoms with E-state index in [1.165, 1.54) is 0 Å². The Kier molecular flexibility index (Phi) is 4.77. The number of nitrogens with zero attached hydrogens (tertiary/aromatic N) is 2. The van der Waals surface area contributed by atoms with E-state index in [0.29, 0.717) is 0 Å². The van der Waals surface area contributed by atoms with Gasteiger partial charge in [-0.1, -0.05) is 6.92 Å². The van der Waals surface area contributed by atoms with Crippen molar-refractivity contribution in [2.24, 2.45) is 0 Å². The summed E-state index contributed by atoms with van der Waals surface area (Å²) in [7, 11) is 0. The number of anilines is 1. The van der Waals surface area contributed by atoms with E-state index in [0.717, 1.165) is 38.2 Å². The summed E-state index contributed by atoms with van der Waals surface area (Å²) in [6, 6.07) is 0. The molecule has 0 saturated carbocycles. The average molecular weight is 280 g/mol. The van der Waals surface area contributed by atoms with Crippen molar-refractivity contribution in [3.8, 4) is 0 Å². The van der Waals surface area contributed by atoms with E-state index in [4.69, 9.17) is 4.74 Å². The predicted molar refractivity (Wildman–Crippen MR) is 77.6 cm³/mol. The molecule has 1 amide bonds. The van der Waals surface area contributed by atoms with Crippen molar-refractivity contribution < 1.29 is 9.53 Å². The lowest BCUT2D eigenvalue weighted by atomic mass is 10.0. The number of amides is 1. The van der Waals surface area contributed by atoms with Crippen molar-refractivity contribution in [3.05, 3.63) is 12.4 Å². The van der Waals surface area contributed by atoms with E-state index in [-0.39, 0.29) is 12.0 Å². The van der Waals surface area contributed by atoms with Gasteiger partial charge in [-0.2, -0.15) is 5.10 Å². The van der Waals surface area contributed by atoms with Gasteiger partial charge in [-0.15, -0.1) is 0 Å². The van der Waals surface area contributed by atoms with Crippen LogP contribution < -0.4 is 10.6 Å². The van der Waals surface area contributed by atoms with Crippen LogP contribution in [0.5, 0.6) is 0 Å². The van der Waals surface area contributed by atoms with E-state index in [9.17, 15) is 4.79 Å². The van der Waals surface area contributed by atoms with Crippen LogP contribution in [0.15, 0.2) is 12.4 Å². The highest BCUT2D eigenvalue weighted by atomic mass is 16.5. The van der Waals surface area contributed by atoms with Crippen molar-refractivity contribution in [2.45, 2.75) is 51.8 Å². The van der Waals surface area contributed by atoms with Gasteiger partial charge in [-0.05, 0) is 33.2 Å².